The van der Waals surface area contributed by atoms with Gasteiger partial charge in [0.15, 0.2) is 23.5 Å². The smallest absolute Gasteiger partial charge is 0.267 e. The van der Waals surface area contributed by atoms with E-state index in [0.717, 1.165) is 43.0 Å². The highest BCUT2D eigenvalue weighted by Crippen LogP contribution is 2.49. The predicted molar refractivity (Wildman–Crippen MR) is 143 cm³/mol. The van der Waals surface area contributed by atoms with Crippen molar-refractivity contribution in [1.29, 1.82) is 0 Å². The highest BCUT2D eigenvalue weighted by molar-refractivity contribution is 7.56. The highest BCUT2D eigenvalue weighted by Gasteiger charge is 2.65. The van der Waals surface area contributed by atoms with E-state index in [2.05, 4.69) is 20.0 Å². The molecule has 6 atom stereocenters. The van der Waals surface area contributed by atoms with Crippen molar-refractivity contribution < 1.29 is 38.0 Å². The van der Waals surface area contributed by atoms with Crippen LogP contribution >= 0.6 is 7.52 Å². The van der Waals surface area contributed by atoms with Gasteiger partial charge in [0.1, 0.15) is 12.4 Å². The average molecular weight is 583 g/mol. The number of nitrogen functional groups attached to an aromatic ring is 1. The van der Waals surface area contributed by atoms with E-state index in [1.165, 1.54) is 6.66 Å². The van der Waals surface area contributed by atoms with Gasteiger partial charge in [-0.15, -0.1) is 6.42 Å². The van der Waals surface area contributed by atoms with Crippen molar-refractivity contribution in [2.75, 3.05) is 25.6 Å². The first-order chi connectivity index (χ1) is 18.8. The van der Waals surface area contributed by atoms with E-state index >= 15 is 4.39 Å². The Labute approximate surface area is 231 Å². The number of aromatic nitrogens is 4. The van der Waals surface area contributed by atoms with Crippen molar-refractivity contribution in [1.82, 2.24) is 24.6 Å². The van der Waals surface area contributed by atoms with Crippen LogP contribution in [0.5, 0.6) is 5.88 Å². The lowest BCUT2D eigenvalue weighted by Crippen LogP contribution is -2.50. The quantitative estimate of drug-likeness (QED) is 0.224. The normalized spacial score (nSPS) is 29.6. The van der Waals surface area contributed by atoms with Gasteiger partial charge in [-0.25, -0.2) is 14.5 Å². The number of terminal acetylenes is 1. The first kappa shape index (κ1) is 30.3. The molecule has 13 nitrogen and oxygen atoms in total. The van der Waals surface area contributed by atoms with Crippen molar-refractivity contribution in [3.63, 3.8) is 0 Å². The molecule has 1 aliphatic carbocycles. The monoisotopic (exact) mass is 582 g/mol. The number of halogens is 1. The summed E-state index contributed by atoms with van der Waals surface area (Å²) in [5, 5.41) is 24.6. The second-order valence-electron chi connectivity index (χ2n) is 10.4. The van der Waals surface area contributed by atoms with Gasteiger partial charge in [0.25, 0.3) is 13.4 Å². The highest BCUT2D eigenvalue weighted by atomic mass is 31.2. The summed E-state index contributed by atoms with van der Waals surface area (Å²) >= 11 is 0. The molecule has 1 saturated carbocycles. The number of imidazole rings is 1. The summed E-state index contributed by atoms with van der Waals surface area (Å²) in [6.07, 6.45) is 8.26. The zero-order valence-corrected chi connectivity index (χ0v) is 23.6. The Bertz CT molecular complexity index is 1330. The Hall–Kier alpha value is -2.66. The van der Waals surface area contributed by atoms with E-state index in [1.807, 2.05) is 5.92 Å². The number of aliphatic hydroxyl groups is 2. The Morgan fingerprint density at radius 3 is 2.77 bits per heavy atom. The first-order valence-electron chi connectivity index (χ1n) is 13.2. The van der Waals surface area contributed by atoms with Crippen LogP contribution in [0.25, 0.3) is 11.2 Å². The number of ether oxygens (including phenoxy) is 2. The van der Waals surface area contributed by atoms with E-state index in [4.69, 9.17) is 26.2 Å². The van der Waals surface area contributed by atoms with Crippen molar-refractivity contribution in [3.05, 3.63) is 6.33 Å². The number of aliphatic hydroxyl groups excluding tert-OH is 1. The van der Waals surface area contributed by atoms with Crippen LogP contribution < -0.4 is 15.6 Å². The molecule has 2 aromatic rings. The van der Waals surface area contributed by atoms with E-state index in [-0.39, 0.29) is 35.4 Å². The number of nitrogens with zero attached hydrogens (tertiary/aromatic N) is 4. The molecule has 0 bridgehead atoms. The zero-order valence-electron chi connectivity index (χ0n) is 22.7. The molecule has 4 rings (SSSR count). The topological polar surface area (TPSA) is 184 Å². The Balaban J connectivity index is 1.49. The number of carbonyl (C=O) groups is 1. The molecule has 1 saturated heterocycles. The summed E-state index contributed by atoms with van der Waals surface area (Å²) < 4.78 is 46.5. The molecule has 1 aliphatic heterocycles. The summed E-state index contributed by atoms with van der Waals surface area (Å²) in [7, 11) is -3.78. The van der Waals surface area contributed by atoms with Gasteiger partial charge in [-0.3, -0.25) is 13.9 Å². The van der Waals surface area contributed by atoms with Crippen LogP contribution in [0.1, 0.15) is 58.6 Å². The third-order valence-corrected chi connectivity index (χ3v) is 8.79. The molecule has 2 fully saturated rings. The number of alkyl halides is 1. The van der Waals surface area contributed by atoms with Crippen LogP contribution in [0.2, 0.25) is 0 Å². The molecule has 5 N–H and O–H groups in total. The van der Waals surface area contributed by atoms with E-state index in [1.54, 1.807) is 13.8 Å². The number of carbonyl (C=O) groups excluding carboxylic acids is 1. The predicted octanol–water partition coefficient (Wildman–Crippen LogP) is 2.08. The fraction of sp³-hybridized carbons (Fsp3) is 0.680. The summed E-state index contributed by atoms with van der Waals surface area (Å²) in [6.45, 7) is 3.64. The minimum atomic E-state index is -3.78. The number of hydrogen-bond donors (Lipinski definition) is 4. The van der Waals surface area contributed by atoms with Crippen LogP contribution in [-0.4, -0.2) is 79.0 Å². The van der Waals surface area contributed by atoms with Gasteiger partial charge in [0.05, 0.1) is 19.0 Å². The van der Waals surface area contributed by atoms with Crippen molar-refractivity contribution in [2.45, 2.75) is 82.2 Å². The van der Waals surface area contributed by atoms with E-state index in [9.17, 15) is 19.6 Å². The minimum Gasteiger partial charge on any atom is -0.476 e. The number of nitrogens with one attached hydrogen (secondary N) is 1. The van der Waals surface area contributed by atoms with E-state index in [0.29, 0.717) is 12.3 Å². The second-order valence-corrected chi connectivity index (χ2v) is 12.6. The molecule has 0 amide bonds. The van der Waals surface area contributed by atoms with Crippen LogP contribution in [0.3, 0.4) is 0 Å². The number of nitrogens with two attached hydrogens (primary N) is 1. The number of hydrogen-bond acceptors (Lipinski definition) is 11. The average Bonchev–Trinajstić information content (AvgIpc) is 3.41. The van der Waals surface area contributed by atoms with Crippen molar-refractivity contribution >= 4 is 30.4 Å². The second kappa shape index (κ2) is 11.7. The summed E-state index contributed by atoms with van der Waals surface area (Å²) in [5.74, 6) is -1.09. The van der Waals surface area contributed by atoms with Gasteiger partial charge in [-0.05, 0) is 19.8 Å². The van der Waals surface area contributed by atoms with Gasteiger partial charge in [-0.1, -0.05) is 38.0 Å². The Morgan fingerprint density at radius 2 is 2.12 bits per heavy atom. The molecule has 2 aromatic heterocycles. The lowest BCUT2D eigenvalue weighted by atomic mass is 9.85. The zero-order chi connectivity index (χ0) is 29.3. The summed E-state index contributed by atoms with van der Waals surface area (Å²) in [4.78, 5) is 24.9. The molecular weight excluding hydrogens is 546 g/mol. The van der Waals surface area contributed by atoms with E-state index < -0.39 is 44.0 Å². The molecule has 40 heavy (non-hydrogen) atoms. The summed E-state index contributed by atoms with van der Waals surface area (Å²) in [6, 6.07) is -0.805. The maximum absolute atomic E-state index is 16.1. The maximum atomic E-state index is 16.1. The van der Waals surface area contributed by atoms with Gasteiger partial charge in [-0.2, -0.15) is 9.97 Å². The number of anilines is 1. The minimum absolute atomic E-state index is 0.000117. The molecule has 15 heteroatoms. The van der Waals surface area contributed by atoms with Crippen LogP contribution in [0.4, 0.5) is 10.3 Å². The van der Waals surface area contributed by atoms with Crippen molar-refractivity contribution in [2.24, 2.45) is 5.92 Å². The van der Waals surface area contributed by atoms with Crippen molar-refractivity contribution in [3.8, 4) is 18.2 Å². The lowest BCUT2D eigenvalue weighted by molar-refractivity contribution is -0.202. The van der Waals surface area contributed by atoms with Gasteiger partial charge in [0.2, 0.25) is 17.4 Å². The number of fused-ring (bicyclic) bond motifs is 1. The third-order valence-electron chi connectivity index (χ3n) is 7.31. The number of Topliss-reactive ketones (excluding diaryl/α,β-unsaturated/α-hetero) is 1. The Kier molecular flexibility index (Phi) is 8.85. The maximum Gasteiger partial charge on any atom is 0.267 e. The fourth-order valence-electron chi connectivity index (χ4n) is 5.18. The SMILES string of the molecule is C#C[C@]1(O)[C@H](n2cnc3c(OCC)nc(N)nc32)O[C@](F)(CO[P@@](C)(=O)N[C@@H](C)C(=O)CC2CCCCC2)[C@H]1O. The molecule has 0 radical (unpaired) electrons. The number of rotatable bonds is 11. The molecule has 0 unspecified atom stereocenters. The van der Waals surface area contributed by atoms with Gasteiger partial charge < -0.3 is 29.9 Å². The fourth-order valence-corrected chi connectivity index (χ4v) is 6.52. The molecule has 3 heterocycles. The van der Waals surface area contributed by atoms with Crippen LogP contribution in [-0.2, 0) is 18.6 Å². The molecular formula is C25H36FN6O7P. The van der Waals surface area contributed by atoms with Gasteiger partial charge in [0, 0.05) is 13.1 Å². The molecule has 0 spiro atoms. The largest absolute Gasteiger partial charge is 0.476 e. The lowest BCUT2D eigenvalue weighted by Gasteiger charge is -2.28. The van der Waals surface area contributed by atoms with Crippen LogP contribution in [0.15, 0.2) is 6.33 Å². The standard InChI is InChI=1S/C25H36FN6O7P/c1-5-24(35)21(34)25(26,13-38-40(4,36)31-15(3)17(33)12-16-10-8-7-9-11-16)39-22(24)32-14-28-18-19(32)29-23(27)30-20(18)37-6-2/h1,14-16,21-22,34-35H,6-13H2,2-4H3,(H,31,36)(H2,27,29,30)/t15-,21-,22+,24+,25+,40+/m0/s1. The summed E-state index contributed by atoms with van der Waals surface area (Å²) in [5.41, 5.74) is 3.29. The molecule has 220 valence electrons. The number of ketones is 1. The van der Waals surface area contributed by atoms with Crippen LogP contribution in [0, 0.1) is 18.3 Å². The van der Waals surface area contributed by atoms with Gasteiger partial charge >= 0.3 is 0 Å². The molecule has 0 aromatic carbocycles. The Morgan fingerprint density at radius 1 is 1.43 bits per heavy atom. The third kappa shape index (κ3) is 6.00. The first-order valence-corrected chi connectivity index (χ1v) is 15.3. The molecule has 2 aliphatic rings.